The zero-order valence-corrected chi connectivity index (χ0v) is 4.63. The second kappa shape index (κ2) is 18.8. The molecule has 0 aromatic heterocycles. The standard InChI is InChI=1S/C2H2Cl2.H3N.H2O/c3-1-2-4;;/h1-2H;1H3;1H2. The van der Waals surface area contributed by atoms with Gasteiger partial charge in [0.05, 0.1) is 0 Å². The molecule has 0 unspecified atom stereocenters. The van der Waals surface area contributed by atoms with E-state index in [1.807, 2.05) is 0 Å². The highest BCUT2D eigenvalue weighted by atomic mass is 35.5. The molecule has 6 heavy (non-hydrogen) atoms. The summed E-state index contributed by atoms with van der Waals surface area (Å²) in [5.41, 5.74) is 2.48. The van der Waals surface area contributed by atoms with E-state index < -0.39 is 0 Å². The predicted octanol–water partition coefficient (Wildman–Crippen LogP) is 1.27. The van der Waals surface area contributed by atoms with Gasteiger partial charge in [-0.25, -0.2) is 0 Å². The fraction of sp³-hybridized carbons (Fsp3) is 0. The molecule has 40 valence electrons. The third-order valence-electron chi connectivity index (χ3n) is 0.0476. The van der Waals surface area contributed by atoms with Crippen molar-refractivity contribution in [3.05, 3.63) is 11.1 Å². The van der Waals surface area contributed by atoms with Gasteiger partial charge in [-0.2, -0.15) is 0 Å². The highest BCUT2D eigenvalue weighted by molar-refractivity contribution is 6.33. The van der Waals surface area contributed by atoms with Crippen molar-refractivity contribution in [2.24, 2.45) is 0 Å². The summed E-state index contributed by atoms with van der Waals surface area (Å²) in [7, 11) is 0. The smallest absolute Gasteiger partial charge is 0.0156 e. The number of hydrogen-bond acceptors (Lipinski definition) is 1. The lowest BCUT2D eigenvalue weighted by atomic mass is 11.3. The molecule has 0 rings (SSSR count). The fourth-order valence-electron chi connectivity index (χ4n) is 0. The lowest BCUT2D eigenvalue weighted by Crippen LogP contribution is -1.11. The van der Waals surface area contributed by atoms with E-state index in [1.165, 1.54) is 11.1 Å². The minimum absolute atomic E-state index is 0. The van der Waals surface area contributed by atoms with Crippen LogP contribution in [0.2, 0.25) is 0 Å². The summed E-state index contributed by atoms with van der Waals surface area (Å²) in [5.74, 6) is 0. The monoisotopic (exact) mass is 131 g/mol. The summed E-state index contributed by atoms with van der Waals surface area (Å²) >= 11 is 9.75. The molecule has 0 amide bonds. The van der Waals surface area contributed by atoms with Crippen LogP contribution in [0.4, 0.5) is 0 Å². The highest BCUT2D eigenvalue weighted by Crippen LogP contribution is 1.78. The van der Waals surface area contributed by atoms with Gasteiger partial charge in [0.25, 0.3) is 0 Å². The number of halogens is 2. The third-order valence-corrected chi connectivity index (χ3v) is 0.429. The molecule has 4 heteroatoms. The van der Waals surface area contributed by atoms with E-state index >= 15 is 0 Å². The van der Waals surface area contributed by atoms with Gasteiger partial charge in [0.1, 0.15) is 0 Å². The Bertz CT molecular complexity index is 26.7. The molecule has 0 atom stereocenters. The summed E-state index contributed by atoms with van der Waals surface area (Å²) in [6.07, 6.45) is 0. The molecule has 0 saturated carbocycles. The van der Waals surface area contributed by atoms with Gasteiger partial charge in [0, 0.05) is 11.1 Å². The summed E-state index contributed by atoms with van der Waals surface area (Å²) in [6, 6.07) is 0. The van der Waals surface area contributed by atoms with E-state index in [-0.39, 0.29) is 11.6 Å². The second-order valence-electron chi connectivity index (χ2n) is 0.252. The Balaban J connectivity index is -0.0000000450. The van der Waals surface area contributed by atoms with Crippen LogP contribution in [0, 0.1) is 0 Å². The largest absolute Gasteiger partial charge is 0.412 e. The highest BCUT2D eigenvalue weighted by Gasteiger charge is 1.40. The molecular weight excluding hydrogens is 125 g/mol. The molecule has 2 nitrogen and oxygen atoms in total. The maximum atomic E-state index is 4.87. The van der Waals surface area contributed by atoms with E-state index in [4.69, 9.17) is 23.2 Å². The first-order chi connectivity index (χ1) is 1.91. The molecule has 0 spiro atoms. The first-order valence-electron chi connectivity index (χ1n) is 0.770. The first-order valence-corrected chi connectivity index (χ1v) is 1.64. The lowest BCUT2D eigenvalue weighted by Gasteiger charge is -1.44. The molecule has 0 aliphatic carbocycles. The van der Waals surface area contributed by atoms with Crippen LogP contribution in [0.5, 0.6) is 0 Å². The Labute approximate surface area is 46.6 Å². The molecule has 0 aliphatic rings. The van der Waals surface area contributed by atoms with E-state index in [9.17, 15) is 0 Å². The summed E-state index contributed by atoms with van der Waals surface area (Å²) in [4.78, 5) is 0. The van der Waals surface area contributed by atoms with Crippen LogP contribution in [0.15, 0.2) is 11.1 Å². The van der Waals surface area contributed by atoms with Gasteiger partial charge < -0.3 is 11.6 Å². The molecule has 0 heterocycles. The van der Waals surface area contributed by atoms with Crippen molar-refractivity contribution in [2.45, 2.75) is 0 Å². The topological polar surface area (TPSA) is 66.5 Å². The van der Waals surface area contributed by atoms with Crippen LogP contribution in [0.3, 0.4) is 0 Å². The average Bonchev–Trinajstić information content (AvgIpc) is 1.37. The van der Waals surface area contributed by atoms with Gasteiger partial charge in [-0.1, -0.05) is 23.2 Å². The Morgan fingerprint density at radius 2 is 1.17 bits per heavy atom. The SMILES string of the molecule is ClC=CCl.N.O. The second-order valence-corrected chi connectivity index (χ2v) is 0.756. The zero-order chi connectivity index (χ0) is 3.41. The Hall–Kier alpha value is 0.240. The fourth-order valence-corrected chi connectivity index (χ4v) is 0. The molecule has 0 aliphatic heterocycles. The molecule has 0 radical (unpaired) electrons. The van der Waals surface area contributed by atoms with Crippen molar-refractivity contribution in [1.82, 2.24) is 6.15 Å². The zero-order valence-electron chi connectivity index (χ0n) is 3.12. The maximum absolute atomic E-state index is 4.87. The van der Waals surface area contributed by atoms with Crippen LogP contribution < -0.4 is 6.15 Å². The normalized spacial score (nSPS) is 6.33. The minimum Gasteiger partial charge on any atom is -0.412 e. The van der Waals surface area contributed by atoms with Gasteiger partial charge in [-0.15, -0.1) is 0 Å². The molecular formula is C2H7Cl2NO. The summed E-state index contributed by atoms with van der Waals surface area (Å²) in [6.45, 7) is 0. The molecule has 0 aromatic carbocycles. The first kappa shape index (κ1) is 16.3. The van der Waals surface area contributed by atoms with Crippen molar-refractivity contribution < 1.29 is 5.48 Å². The van der Waals surface area contributed by atoms with Gasteiger partial charge in [-0.3, -0.25) is 0 Å². The molecule has 0 aromatic rings. The number of hydrogen-bond donors (Lipinski definition) is 1. The molecule has 0 saturated heterocycles. The average molecular weight is 132 g/mol. The lowest BCUT2D eigenvalue weighted by molar-refractivity contribution is 0.824. The third kappa shape index (κ3) is 28.9. The van der Waals surface area contributed by atoms with Crippen molar-refractivity contribution in [1.29, 1.82) is 0 Å². The van der Waals surface area contributed by atoms with Crippen LogP contribution in [-0.4, -0.2) is 5.48 Å². The van der Waals surface area contributed by atoms with Crippen molar-refractivity contribution in [2.75, 3.05) is 0 Å². The molecule has 5 N–H and O–H groups in total. The molecule has 0 fully saturated rings. The van der Waals surface area contributed by atoms with Crippen LogP contribution in [0.1, 0.15) is 0 Å². The van der Waals surface area contributed by atoms with E-state index in [1.54, 1.807) is 0 Å². The van der Waals surface area contributed by atoms with Crippen molar-refractivity contribution >= 4 is 23.2 Å². The van der Waals surface area contributed by atoms with Crippen LogP contribution >= 0.6 is 23.2 Å². The summed E-state index contributed by atoms with van der Waals surface area (Å²) in [5, 5.41) is 0. The van der Waals surface area contributed by atoms with E-state index in [0.29, 0.717) is 0 Å². The van der Waals surface area contributed by atoms with Gasteiger partial charge in [0.2, 0.25) is 0 Å². The predicted molar refractivity (Wildman–Crippen MR) is 29.5 cm³/mol. The quantitative estimate of drug-likeness (QED) is 0.529. The van der Waals surface area contributed by atoms with Gasteiger partial charge >= 0.3 is 0 Å². The van der Waals surface area contributed by atoms with Crippen molar-refractivity contribution in [3.63, 3.8) is 0 Å². The Morgan fingerprint density at radius 1 is 1.00 bits per heavy atom. The van der Waals surface area contributed by atoms with Crippen LogP contribution in [-0.2, 0) is 0 Å². The molecule has 0 bridgehead atoms. The summed E-state index contributed by atoms with van der Waals surface area (Å²) < 4.78 is 0. The number of rotatable bonds is 0. The minimum atomic E-state index is 0. The van der Waals surface area contributed by atoms with Crippen LogP contribution in [0.25, 0.3) is 0 Å². The maximum Gasteiger partial charge on any atom is 0.0156 e. The Morgan fingerprint density at radius 3 is 1.17 bits per heavy atom. The van der Waals surface area contributed by atoms with E-state index in [0.717, 1.165) is 0 Å². The van der Waals surface area contributed by atoms with E-state index in [2.05, 4.69) is 0 Å². The van der Waals surface area contributed by atoms with Crippen molar-refractivity contribution in [3.8, 4) is 0 Å². The van der Waals surface area contributed by atoms with Gasteiger partial charge in [0.15, 0.2) is 0 Å². The van der Waals surface area contributed by atoms with Gasteiger partial charge in [-0.05, 0) is 0 Å². The Kier molecular flexibility index (Phi) is 51.1.